The van der Waals surface area contributed by atoms with E-state index < -0.39 is 6.10 Å². The Balaban J connectivity index is 1.87. The zero-order valence-electron chi connectivity index (χ0n) is 12.7. The summed E-state index contributed by atoms with van der Waals surface area (Å²) in [6.45, 7) is 6.15. The summed E-state index contributed by atoms with van der Waals surface area (Å²) in [6, 6.07) is 0.311. The van der Waals surface area contributed by atoms with Gasteiger partial charge in [-0.2, -0.15) is 0 Å². The van der Waals surface area contributed by atoms with Crippen molar-refractivity contribution in [1.82, 2.24) is 25.6 Å². The van der Waals surface area contributed by atoms with Crippen LogP contribution in [0.4, 0.5) is 0 Å². The van der Waals surface area contributed by atoms with Gasteiger partial charge in [0.2, 0.25) is 0 Å². The fraction of sp³-hybridized carbons (Fsp3) is 0.786. The van der Waals surface area contributed by atoms with Crippen LogP contribution in [0.3, 0.4) is 0 Å². The van der Waals surface area contributed by atoms with E-state index in [9.17, 15) is 9.90 Å². The van der Waals surface area contributed by atoms with Crippen molar-refractivity contribution in [2.45, 2.75) is 45.3 Å². The maximum atomic E-state index is 12.0. The lowest BCUT2D eigenvalue weighted by atomic mass is 10.0. The van der Waals surface area contributed by atoms with Gasteiger partial charge in [-0.15, -0.1) is 5.10 Å². The molecule has 0 radical (unpaired) electrons. The van der Waals surface area contributed by atoms with Crippen LogP contribution in [0, 0.1) is 5.92 Å². The number of hydrogen-bond acceptors (Lipinski definition) is 5. The molecule has 2 unspecified atom stereocenters. The van der Waals surface area contributed by atoms with E-state index >= 15 is 0 Å². The molecule has 0 saturated carbocycles. The molecule has 1 saturated heterocycles. The van der Waals surface area contributed by atoms with Gasteiger partial charge in [-0.3, -0.25) is 4.79 Å². The fourth-order valence-electron chi connectivity index (χ4n) is 2.39. The highest BCUT2D eigenvalue weighted by molar-refractivity contribution is 5.91. The Morgan fingerprint density at radius 2 is 2.29 bits per heavy atom. The summed E-state index contributed by atoms with van der Waals surface area (Å²) < 4.78 is 1.78. The van der Waals surface area contributed by atoms with Gasteiger partial charge in [-0.05, 0) is 31.8 Å². The summed E-state index contributed by atoms with van der Waals surface area (Å²) in [5.74, 6) is -0.117. The maximum absolute atomic E-state index is 12.0. The van der Waals surface area contributed by atoms with Crippen LogP contribution in [-0.4, -0.2) is 51.7 Å². The van der Waals surface area contributed by atoms with Crippen molar-refractivity contribution in [2.75, 3.05) is 19.6 Å². The molecule has 0 aliphatic carbocycles. The highest BCUT2D eigenvalue weighted by atomic mass is 16.3. The SMILES string of the molecule is CCC(C)C(O)CNC(=O)c1cn(C2CCNCC2)nn1. The van der Waals surface area contributed by atoms with Crippen molar-refractivity contribution in [2.24, 2.45) is 5.92 Å². The molecule has 1 aliphatic rings. The molecule has 1 fully saturated rings. The first-order valence-corrected chi connectivity index (χ1v) is 7.70. The first-order chi connectivity index (χ1) is 10.1. The Labute approximate surface area is 125 Å². The van der Waals surface area contributed by atoms with Crippen LogP contribution in [0.25, 0.3) is 0 Å². The summed E-state index contributed by atoms with van der Waals surface area (Å²) >= 11 is 0. The number of piperidine rings is 1. The monoisotopic (exact) mass is 295 g/mol. The summed E-state index contributed by atoms with van der Waals surface area (Å²) in [7, 11) is 0. The van der Waals surface area contributed by atoms with Crippen LogP contribution in [0.5, 0.6) is 0 Å². The van der Waals surface area contributed by atoms with E-state index in [0.29, 0.717) is 11.7 Å². The van der Waals surface area contributed by atoms with Crippen LogP contribution in [0.1, 0.15) is 49.6 Å². The number of hydrogen-bond donors (Lipinski definition) is 3. The second-order valence-electron chi connectivity index (χ2n) is 5.73. The van der Waals surface area contributed by atoms with Crippen LogP contribution in [-0.2, 0) is 0 Å². The largest absolute Gasteiger partial charge is 0.391 e. The van der Waals surface area contributed by atoms with Crippen molar-refractivity contribution in [3.05, 3.63) is 11.9 Å². The molecule has 1 aromatic heterocycles. The lowest BCUT2D eigenvalue weighted by molar-refractivity contribution is 0.0846. The summed E-state index contributed by atoms with van der Waals surface area (Å²) in [4.78, 5) is 12.0. The summed E-state index contributed by atoms with van der Waals surface area (Å²) in [5, 5.41) is 23.9. The molecule has 7 nitrogen and oxygen atoms in total. The first kappa shape index (κ1) is 15.9. The van der Waals surface area contributed by atoms with E-state index in [1.807, 2.05) is 13.8 Å². The molecule has 118 valence electrons. The number of nitrogens with one attached hydrogen (secondary N) is 2. The van der Waals surface area contributed by atoms with Gasteiger partial charge in [0.05, 0.1) is 18.3 Å². The van der Waals surface area contributed by atoms with E-state index in [4.69, 9.17) is 0 Å². The maximum Gasteiger partial charge on any atom is 0.273 e. The van der Waals surface area contributed by atoms with Gasteiger partial charge in [0.25, 0.3) is 5.91 Å². The molecule has 1 amide bonds. The number of aliphatic hydroxyl groups excluding tert-OH is 1. The Bertz CT molecular complexity index is 456. The minimum absolute atomic E-state index is 0.163. The van der Waals surface area contributed by atoms with Gasteiger partial charge in [0.15, 0.2) is 5.69 Å². The lowest BCUT2D eigenvalue weighted by Crippen LogP contribution is -2.35. The summed E-state index contributed by atoms with van der Waals surface area (Å²) in [5.41, 5.74) is 0.310. The van der Waals surface area contributed by atoms with Crippen molar-refractivity contribution < 1.29 is 9.90 Å². The molecule has 1 aromatic rings. The lowest BCUT2D eigenvalue weighted by Gasteiger charge is -2.22. The molecule has 21 heavy (non-hydrogen) atoms. The van der Waals surface area contributed by atoms with E-state index in [1.54, 1.807) is 10.9 Å². The fourth-order valence-corrected chi connectivity index (χ4v) is 2.39. The van der Waals surface area contributed by atoms with Gasteiger partial charge in [-0.1, -0.05) is 25.5 Å². The number of aromatic nitrogens is 3. The number of amides is 1. The Hall–Kier alpha value is -1.47. The van der Waals surface area contributed by atoms with Gasteiger partial charge < -0.3 is 15.7 Å². The second kappa shape index (κ2) is 7.51. The van der Waals surface area contributed by atoms with Crippen molar-refractivity contribution >= 4 is 5.91 Å². The zero-order chi connectivity index (χ0) is 15.2. The Morgan fingerprint density at radius 3 is 2.95 bits per heavy atom. The van der Waals surface area contributed by atoms with Crippen molar-refractivity contribution in [3.63, 3.8) is 0 Å². The average molecular weight is 295 g/mol. The third-order valence-corrected chi connectivity index (χ3v) is 4.20. The zero-order valence-corrected chi connectivity index (χ0v) is 12.7. The van der Waals surface area contributed by atoms with Gasteiger partial charge >= 0.3 is 0 Å². The third-order valence-electron chi connectivity index (χ3n) is 4.20. The predicted octanol–water partition coefficient (Wildman–Crippen LogP) is 0.339. The molecule has 2 rings (SSSR count). The smallest absolute Gasteiger partial charge is 0.273 e. The molecule has 0 spiro atoms. The summed E-state index contributed by atoms with van der Waals surface area (Å²) in [6.07, 6.45) is 4.04. The van der Waals surface area contributed by atoms with E-state index in [1.165, 1.54) is 0 Å². The number of rotatable bonds is 6. The number of nitrogens with zero attached hydrogens (tertiary/aromatic N) is 3. The van der Waals surface area contributed by atoms with E-state index in [2.05, 4.69) is 20.9 Å². The Morgan fingerprint density at radius 1 is 1.57 bits per heavy atom. The van der Waals surface area contributed by atoms with Gasteiger partial charge in [-0.25, -0.2) is 4.68 Å². The topological polar surface area (TPSA) is 92.1 Å². The molecule has 0 aromatic carbocycles. The van der Waals surface area contributed by atoms with Gasteiger partial charge in [0, 0.05) is 6.54 Å². The molecule has 1 aliphatic heterocycles. The highest BCUT2D eigenvalue weighted by Gasteiger charge is 2.19. The first-order valence-electron chi connectivity index (χ1n) is 7.70. The molecule has 3 N–H and O–H groups in total. The van der Waals surface area contributed by atoms with Crippen LogP contribution in [0.2, 0.25) is 0 Å². The van der Waals surface area contributed by atoms with Crippen LogP contribution in [0.15, 0.2) is 6.20 Å². The molecular formula is C14H25N5O2. The standard InChI is InChI=1S/C14H25N5O2/c1-3-10(2)13(20)8-16-14(21)12-9-19(18-17-12)11-4-6-15-7-5-11/h9-11,13,15,20H,3-8H2,1-2H3,(H,16,21). The van der Waals surface area contributed by atoms with Crippen molar-refractivity contribution in [3.8, 4) is 0 Å². The molecular weight excluding hydrogens is 270 g/mol. The Kier molecular flexibility index (Phi) is 5.69. The normalized spacial score (nSPS) is 19.2. The molecule has 7 heteroatoms. The van der Waals surface area contributed by atoms with E-state index in [0.717, 1.165) is 32.4 Å². The van der Waals surface area contributed by atoms with Gasteiger partial charge in [0.1, 0.15) is 0 Å². The average Bonchev–Trinajstić information content (AvgIpc) is 3.02. The quantitative estimate of drug-likeness (QED) is 0.704. The predicted molar refractivity (Wildman–Crippen MR) is 79.0 cm³/mol. The van der Waals surface area contributed by atoms with Crippen molar-refractivity contribution in [1.29, 1.82) is 0 Å². The number of aliphatic hydroxyl groups is 1. The minimum atomic E-state index is -0.529. The third kappa shape index (κ3) is 4.25. The molecule has 2 atom stereocenters. The number of carbonyl (C=O) groups is 1. The van der Waals surface area contributed by atoms with Crippen LogP contribution >= 0.6 is 0 Å². The second-order valence-corrected chi connectivity index (χ2v) is 5.73. The van der Waals surface area contributed by atoms with E-state index in [-0.39, 0.29) is 18.4 Å². The minimum Gasteiger partial charge on any atom is -0.391 e. The number of carbonyl (C=O) groups excluding carboxylic acids is 1. The van der Waals surface area contributed by atoms with Crippen LogP contribution < -0.4 is 10.6 Å². The molecule has 2 heterocycles. The highest BCUT2D eigenvalue weighted by Crippen LogP contribution is 2.17. The molecule has 0 bridgehead atoms.